The minimum absolute atomic E-state index is 0.312. The summed E-state index contributed by atoms with van der Waals surface area (Å²) in [7, 11) is 0. The van der Waals surface area contributed by atoms with Gasteiger partial charge in [0.15, 0.2) is 0 Å². The van der Waals surface area contributed by atoms with Gasteiger partial charge in [0.1, 0.15) is 4.60 Å². The maximum atomic E-state index is 5.48. The van der Waals surface area contributed by atoms with Gasteiger partial charge in [-0.3, -0.25) is 0 Å². The molecule has 4 heteroatoms. The van der Waals surface area contributed by atoms with E-state index in [1.54, 1.807) is 0 Å². The van der Waals surface area contributed by atoms with Crippen LogP contribution in [0.3, 0.4) is 0 Å². The van der Waals surface area contributed by atoms with E-state index in [4.69, 9.17) is 4.74 Å². The molecule has 0 radical (unpaired) electrons. The third-order valence-corrected chi connectivity index (χ3v) is 2.79. The highest BCUT2D eigenvalue weighted by Gasteiger charge is 2.16. The zero-order chi connectivity index (χ0) is 9.97. The third-order valence-electron chi connectivity index (χ3n) is 2.32. The Morgan fingerprint density at radius 3 is 3.07 bits per heavy atom. The molecule has 0 amide bonds. The van der Waals surface area contributed by atoms with Gasteiger partial charge in [0.05, 0.1) is 24.6 Å². The molecule has 2 heterocycles. The minimum Gasteiger partial charge on any atom is -0.375 e. The van der Waals surface area contributed by atoms with E-state index >= 15 is 0 Å². The van der Waals surface area contributed by atoms with E-state index in [0.29, 0.717) is 6.10 Å². The Balaban J connectivity index is 2.10. The molecule has 1 fully saturated rings. The molecule has 0 aromatic carbocycles. The highest BCUT2D eigenvalue weighted by atomic mass is 79.9. The van der Waals surface area contributed by atoms with Crippen molar-refractivity contribution in [2.45, 2.75) is 13.0 Å². The SMILES string of the molecule is C[C@H]1CN(c2ccc(Br)nc2)CCO1. The average Bonchev–Trinajstić information content (AvgIpc) is 2.19. The molecule has 1 aliphatic heterocycles. The smallest absolute Gasteiger partial charge is 0.106 e. The van der Waals surface area contributed by atoms with Gasteiger partial charge in [-0.15, -0.1) is 0 Å². The summed E-state index contributed by atoms with van der Waals surface area (Å²) in [4.78, 5) is 6.51. The Hall–Kier alpha value is -0.610. The Morgan fingerprint density at radius 1 is 1.57 bits per heavy atom. The van der Waals surface area contributed by atoms with Crippen LogP contribution in [0.1, 0.15) is 6.92 Å². The fraction of sp³-hybridized carbons (Fsp3) is 0.500. The van der Waals surface area contributed by atoms with Crippen LogP contribution in [-0.4, -0.2) is 30.8 Å². The number of ether oxygens (including phenoxy) is 1. The highest BCUT2D eigenvalue weighted by molar-refractivity contribution is 9.10. The molecule has 0 saturated carbocycles. The topological polar surface area (TPSA) is 25.4 Å². The lowest BCUT2D eigenvalue weighted by Gasteiger charge is -2.32. The van der Waals surface area contributed by atoms with E-state index in [9.17, 15) is 0 Å². The van der Waals surface area contributed by atoms with Gasteiger partial charge < -0.3 is 9.64 Å². The van der Waals surface area contributed by atoms with E-state index in [1.807, 2.05) is 12.3 Å². The van der Waals surface area contributed by atoms with Gasteiger partial charge in [0.25, 0.3) is 0 Å². The second-order valence-electron chi connectivity index (χ2n) is 3.47. The van der Waals surface area contributed by atoms with Crippen LogP contribution in [0.25, 0.3) is 0 Å². The van der Waals surface area contributed by atoms with Crippen LogP contribution in [-0.2, 0) is 4.74 Å². The maximum absolute atomic E-state index is 5.48. The third kappa shape index (κ3) is 2.25. The highest BCUT2D eigenvalue weighted by Crippen LogP contribution is 2.18. The van der Waals surface area contributed by atoms with Crippen LogP contribution in [0.4, 0.5) is 5.69 Å². The van der Waals surface area contributed by atoms with E-state index in [1.165, 1.54) is 5.69 Å². The molecular weight excluding hydrogens is 244 g/mol. The predicted molar refractivity (Wildman–Crippen MR) is 59.6 cm³/mol. The molecule has 0 N–H and O–H groups in total. The second kappa shape index (κ2) is 4.28. The molecule has 1 saturated heterocycles. The van der Waals surface area contributed by atoms with Crippen molar-refractivity contribution in [3.05, 3.63) is 22.9 Å². The summed E-state index contributed by atoms with van der Waals surface area (Å²) in [6.07, 6.45) is 2.20. The van der Waals surface area contributed by atoms with Crippen LogP contribution < -0.4 is 4.90 Å². The van der Waals surface area contributed by atoms with Gasteiger partial charge in [-0.2, -0.15) is 0 Å². The Kier molecular flexibility index (Phi) is 3.03. The molecule has 0 spiro atoms. The Labute approximate surface area is 92.2 Å². The minimum atomic E-state index is 0.312. The molecule has 1 atom stereocenters. The molecule has 0 unspecified atom stereocenters. The summed E-state index contributed by atoms with van der Waals surface area (Å²) in [5, 5.41) is 0. The second-order valence-corrected chi connectivity index (χ2v) is 4.28. The number of nitrogens with zero attached hydrogens (tertiary/aromatic N) is 2. The Morgan fingerprint density at radius 2 is 2.43 bits per heavy atom. The first-order valence-electron chi connectivity index (χ1n) is 4.74. The van der Waals surface area contributed by atoms with Crippen LogP contribution in [0.5, 0.6) is 0 Å². The van der Waals surface area contributed by atoms with Crippen molar-refractivity contribution in [1.29, 1.82) is 0 Å². The van der Waals surface area contributed by atoms with Gasteiger partial charge in [-0.05, 0) is 35.0 Å². The number of halogens is 1. The van der Waals surface area contributed by atoms with Gasteiger partial charge >= 0.3 is 0 Å². The van der Waals surface area contributed by atoms with Crippen LogP contribution in [0.15, 0.2) is 22.9 Å². The molecule has 0 bridgehead atoms. The normalized spacial score (nSPS) is 22.4. The molecule has 1 aromatic heterocycles. The summed E-state index contributed by atoms with van der Waals surface area (Å²) in [6.45, 7) is 4.80. The molecule has 76 valence electrons. The molecule has 14 heavy (non-hydrogen) atoms. The number of rotatable bonds is 1. The van der Waals surface area contributed by atoms with Crippen molar-refractivity contribution in [3.8, 4) is 0 Å². The lowest BCUT2D eigenvalue weighted by molar-refractivity contribution is 0.0532. The number of morpholine rings is 1. The number of hydrogen-bond acceptors (Lipinski definition) is 3. The number of aromatic nitrogens is 1. The molecular formula is C10H13BrN2O. The first-order chi connectivity index (χ1) is 6.75. The molecule has 1 aromatic rings. The summed E-state index contributed by atoms with van der Waals surface area (Å²) in [5.41, 5.74) is 1.17. The van der Waals surface area contributed by atoms with Crippen molar-refractivity contribution >= 4 is 21.6 Å². The molecule has 3 nitrogen and oxygen atoms in total. The molecule has 0 aliphatic carbocycles. The van der Waals surface area contributed by atoms with Crippen LogP contribution in [0, 0.1) is 0 Å². The quantitative estimate of drug-likeness (QED) is 0.720. The molecule has 1 aliphatic rings. The van der Waals surface area contributed by atoms with Crippen LogP contribution >= 0.6 is 15.9 Å². The van der Waals surface area contributed by atoms with Crippen LogP contribution in [0.2, 0.25) is 0 Å². The maximum Gasteiger partial charge on any atom is 0.106 e. The number of hydrogen-bond donors (Lipinski definition) is 0. The predicted octanol–water partition coefficient (Wildman–Crippen LogP) is 2.07. The lowest BCUT2D eigenvalue weighted by atomic mass is 10.2. The van der Waals surface area contributed by atoms with Crippen molar-refractivity contribution in [3.63, 3.8) is 0 Å². The van der Waals surface area contributed by atoms with Gasteiger partial charge in [0, 0.05) is 13.1 Å². The van der Waals surface area contributed by atoms with E-state index < -0.39 is 0 Å². The zero-order valence-corrected chi connectivity index (χ0v) is 9.70. The first-order valence-corrected chi connectivity index (χ1v) is 5.53. The van der Waals surface area contributed by atoms with Crippen molar-refractivity contribution in [2.75, 3.05) is 24.6 Å². The summed E-state index contributed by atoms with van der Waals surface area (Å²) < 4.78 is 6.36. The van der Waals surface area contributed by atoms with E-state index in [2.05, 4.69) is 38.8 Å². The monoisotopic (exact) mass is 256 g/mol. The average molecular weight is 257 g/mol. The summed E-state index contributed by atoms with van der Waals surface area (Å²) in [5.74, 6) is 0. The standard InChI is InChI=1S/C10H13BrN2O/c1-8-7-13(4-5-14-8)9-2-3-10(11)12-6-9/h2-3,6,8H,4-5,7H2,1H3/t8-/m0/s1. The number of pyridine rings is 1. The summed E-state index contributed by atoms with van der Waals surface area (Å²) >= 11 is 3.33. The van der Waals surface area contributed by atoms with Gasteiger partial charge in [0.2, 0.25) is 0 Å². The van der Waals surface area contributed by atoms with Crippen molar-refractivity contribution < 1.29 is 4.74 Å². The Bertz CT molecular complexity index is 301. The van der Waals surface area contributed by atoms with Crippen molar-refractivity contribution in [1.82, 2.24) is 4.98 Å². The number of anilines is 1. The lowest BCUT2D eigenvalue weighted by Crippen LogP contribution is -2.41. The zero-order valence-electron chi connectivity index (χ0n) is 8.11. The fourth-order valence-electron chi connectivity index (χ4n) is 1.61. The van der Waals surface area contributed by atoms with E-state index in [-0.39, 0.29) is 0 Å². The molecule has 2 rings (SSSR count). The largest absolute Gasteiger partial charge is 0.375 e. The fourth-order valence-corrected chi connectivity index (χ4v) is 1.84. The van der Waals surface area contributed by atoms with Gasteiger partial charge in [-0.1, -0.05) is 0 Å². The van der Waals surface area contributed by atoms with Gasteiger partial charge in [-0.25, -0.2) is 4.98 Å². The summed E-state index contributed by atoms with van der Waals surface area (Å²) in [6, 6.07) is 4.05. The van der Waals surface area contributed by atoms with E-state index in [0.717, 1.165) is 24.3 Å². The van der Waals surface area contributed by atoms with Crippen molar-refractivity contribution in [2.24, 2.45) is 0 Å². The first kappa shape index (κ1) is 9.93.